The zero-order valence-electron chi connectivity index (χ0n) is 17.6. The molecule has 0 aromatic heterocycles. The summed E-state index contributed by atoms with van der Waals surface area (Å²) in [6, 6.07) is 13.7. The van der Waals surface area contributed by atoms with Crippen molar-refractivity contribution in [3.63, 3.8) is 0 Å². The van der Waals surface area contributed by atoms with Gasteiger partial charge in [0.2, 0.25) is 10.0 Å². The maximum absolute atomic E-state index is 13.5. The van der Waals surface area contributed by atoms with E-state index in [0.717, 1.165) is 21.9 Å². The van der Waals surface area contributed by atoms with Crippen LogP contribution in [0.15, 0.2) is 53.0 Å². The summed E-state index contributed by atoms with van der Waals surface area (Å²) in [5.41, 5.74) is 1.17. The molecule has 168 valence electrons. The summed E-state index contributed by atoms with van der Waals surface area (Å²) < 4.78 is 39.7. The van der Waals surface area contributed by atoms with Crippen LogP contribution in [-0.4, -0.2) is 38.7 Å². The standard InChI is InChI=1S/C22H27BrFN3O3S/c1-16(17-4-8-19(23)9-5-17)27-15-13-22(26-21(27)28,12-3-14-25-31(2,29)30)18-6-10-20(24)11-7-18/h4-11,16,25H,3,12-15H2,1-2H3,(H,26,28)/t16-,22+/m0/s1. The second kappa shape index (κ2) is 9.67. The Kier molecular flexibility index (Phi) is 7.39. The Morgan fingerprint density at radius 2 is 1.84 bits per heavy atom. The average molecular weight is 512 g/mol. The van der Waals surface area contributed by atoms with Crippen LogP contribution in [0.5, 0.6) is 0 Å². The SMILES string of the molecule is C[C@@H](c1ccc(Br)cc1)N1CC[C@](CCCNS(C)(=O)=O)(c2ccc(F)cc2)NC1=O. The highest BCUT2D eigenvalue weighted by Crippen LogP contribution is 2.36. The minimum atomic E-state index is -3.28. The Morgan fingerprint density at radius 3 is 2.42 bits per heavy atom. The number of sulfonamides is 1. The lowest BCUT2D eigenvalue weighted by atomic mass is 9.80. The number of nitrogens with one attached hydrogen (secondary N) is 2. The van der Waals surface area contributed by atoms with Gasteiger partial charge >= 0.3 is 6.03 Å². The summed E-state index contributed by atoms with van der Waals surface area (Å²) in [6.45, 7) is 2.79. The van der Waals surface area contributed by atoms with E-state index in [9.17, 15) is 17.6 Å². The van der Waals surface area contributed by atoms with Crippen LogP contribution in [0.4, 0.5) is 9.18 Å². The molecule has 0 bridgehead atoms. The molecule has 1 aliphatic rings. The number of halogens is 2. The third-order valence-corrected chi connectivity index (χ3v) is 7.01. The maximum Gasteiger partial charge on any atom is 0.318 e. The van der Waals surface area contributed by atoms with Crippen LogP contribution < -0.4 is 10.0 Å². The Morgan fingerprint density at radius 1 is 1.19 bits per heavy atom. The number of carbonyl (C=O) groups is 1. The third-order valence-electron chi connectivity index (χ3n) is 5.75. The molecule has 1 fully saturated rings. The zero-order valence-corrected chi connectivity index (χ0v) is 20.0. The molecule has 3 rings (SSSR count). The molecule has 1 saturated heterocycles. The summed E-state index contributed by atoms with van der Waals surface area (Å²) in [6.07, 6.45) is 2.82. The number of nitrogens with zero attached hydrogens (tertiary/aromatic N) is 1. The lowest BCUT2D eigenvalue weighted by Gasteiger charge is -2.45. The highest BCUT2D eigenvalue weighted by Gasteiger charge is 2.40. The van der Waals surface area contributed by atoms with Gasteiger partial charge in [-0.3, -0.25) is 0 Å². The monoisotopic (exact) mass is 511 g/mol. The second-order valence-electron chi connectivity index (χ2n) is 7.96. The van der Waals surface area contributed by atoms with Gasteiger partial charge in [-0.05, 0) is 61.6 Å². The average Bonchev–Trinajstić information content (AvgIpc) is 2.71. The molecule has 1 heterocycles. The summed E-state index contributed by atoms with van der Waals surface area (Å²) in [4.78, 5) is 14.9. The van der Waals surface area contributed by atoms with E-state index >= 15 is 0 Å². The Hall–Kier alpha value is -1.97. The van der Waals surface area contributed by atoms with E-state index in [0.29, 0.717) is 25.8 Å². The van der Waals surface area contributed by atoms with Crippen LogP contribution in [0, 0.1) is 5.82 Å². The number of carbonyl (C=O) groups excluding carboxylic acids is 1. The summed E-state index contributed by atoms with van der Waals surface area (Å²) >= 11 is 3.43. The first-order valence-electron chi connectivity index (χ1n) is 10.1. The predicted molar refractivity (Wildman–Crippen MR) is 123 cm³/mol. The molecule has 9 heteroatoms. The van der Waals surface area contributed by atoms with Gasteiger partial charge in [-0.25, -0.2) is 22.3 Å². The van der Waals surface area contributed by atoms with Crippen LogP contribution in [0.3, 0.4) is 0 Å². The zero-order chi connectivity index (χ0) is 22.6. The highest BCUT2D eigenvalue weighted by molar-refractivity contribution is 9.10. The molecule has 0 unspecified atom stereocenters. The molecule has 0 saturated carbocycles. The predicted octanol–water partition coefficient (Wildman–Crippen LogP) is 4.29. The molecule has 2 aromatic rings. The molecule has 31 heavy (non-hydrogen) atoms. The van der Waals surface area contributed by atoms with Gasteiger partial charge in [0.1, 0.15) is 5.82 Å². The Bertz CT molecular complexity index is 1020. The van der Waals surface area contributed by atoms with Gasteiger partial charge in [0.25, 0.3) is 0 Å². The van der Waals surface area contributed by atoms with Crippen molar-refractivity contribution in [1.29, 1.82) is 0 Å². The molecule has 0 aliphatic carbocycles. The number of amides is 2. The minimum absolute atomic E-state index is 0.105. The van der Waals surface area contributed by atoms with Crippen molar-refractivity contribution in [2.45, 2.75) is 37.8 Å². The van der Waals surface area contributed by atoms with E-state index in [1.807, 2.05) is 31.2 Å². The Balaban J connectivity index is 1.78. The quantitative estimate of drug-likeness (QED) is 0.518. The van der Waals surface area contributed by atoms with Crippen molar-refractivity contribution in [3.8, 4) is 0 Å². The van der Waals surface area contributed by atoms with Crippen molar-refractivity contribution in [2.75, 3.05) is 19.3 Å². The van der Waals surface area contributed by atoms with Crippen LogP contribution >= 0.6 is 15.9 Å². The van der Waals surface area contributed by atoms with Crippen molar-refractivity contribution in [2.24, 2.45) is 0 Å². The fourth-order valence-electron chi connectivity index (χ4n) is 4.01. The van der Waals surface area contributed by atoms with Crippen molar-refractivity contribution in [1.82, 2.24) is 14.9 Å². The number of rotatable bonds is 8. The van der Waals surface area contributed by atoms with Crippen molar-refractivity contribution >= 4 is 32.0 Å². The van der Waals surface area contributed by atoms with E-state index in [4.69, 9.17) is 0 Å². The van der Waals surface area contributed by atoms with Gasteiger partial charge in [-0.1, -0.05) is 40.2 Å². The molecule has 1 aliphatic heterocycles. The van der Waals surface area contributed by atoms with E-state index in [1.165, 1.54) is 12.1 Å². The second-order valence-corrected chi connectivity index (χ2v) is 10.7. The van der Waals surface area contributed by atoms with E-state index in [2.05, 4.69) is 26.0 Å². The van der Waals surface area contributed by atoms with E-state index < -0.39 is 15.6 Å². The first-order chi connectivity index (χ1) is 14.6. The minimum Gasteiger partial charge on any atom is -0.328 e. The van der Waals surface area contributed by atoms with Gasteiger partial charge < -0.3 is 10.2 Å². The van der Waals surface area contributed by atoms with Crippen molar-refractivity contribution in [3.05, 3.63) is 69.9 Å². The lowest BCUT2D eigenvalue weighted by molar-refractivity contribution is 0.120. The normalized spacial score (nSPS) is 20.4. The highest BCUT2D eigenvalue weighted by atomic mass is 79.9. The van der Waals surface area contributed by atoms with Gasteiger partial charge in [0, 0.05) is 17.6 Å². The largest absolute Gasteiger partial charge is 0.328 e. The maximum atomic E-state index is 13.5. The molecule has 2 aromatic carbocycles. The van der Waals surface area contributed by atoms with Gasteiger partial charge in [0.15, 0.2) is 0 Å². The molecular weight excluding hydrogens is 485 g/mol. The Labute approximate surface area is 191 Å². The molecule has 2 N–H and O–H groups in total. The molecule has 2 amide bonds. The third kappa shape index (κ3) is 6.05. The first-order valence-corrected chi connectivity index (χ1v) is 12.8. The number of benzene rings is 2. The van der Waals surface area contributed by atoms with Crippen LogP contribution in [-0.2, 0) is 15.6 Å². The fourth-order valence-corrected chi connectivity index (χ4v) is 4.79. The topological polar surface area (TPSA) is 78.5 Å². The molecule has 0 radical (unpaired) electrons. The lowest BCUT2D eigenvalue weighted by Crippen LogP contribution is -2.58. The van der Waals surface area contributed by atoms with Gasteiger partial charge in [-0.15, -0.1) is 0 Å². The molecule has 0 spiro atoms. The number of hydrogen-bond acceptors (Lipinski definition) is 3. The van der Waals surface area contributed by atoms with Gasteiger partial charge in [0.05, 0.1) is 17.8 Å². The van der Waals surface area contributed by atoms with Crippen LogP contribution in [0.1, 0.15) is 43.4 Å². The van der Waals surface area contributed by atoms with E-state index in [1.54, 1.807) is 17.0 Å². The number of urea groups is 1. The van der Waals surface area contributed by atoms with Crippen LogP contribution in [0.25, 0.3) is 0 Å². The van der Waals surface area contributed by atoms with Gasteiger partial charge in [-0.2, -0.15) is 0 Å². The van der Waals surface area contributed by atoms with Crippen LogP contribution in [0.2, 0.25) is 0 Å². The summed E-state index contributed by atoms with van der Waals surface area (Å²) in [5.74, 6) is -0.342. The van der Waals surface area contributed by atoms with E-state index in [-0.39, 0.29) is 24.4 Å². The van der Waals surface area contributed by atoms with Crippen molar-refractivity contribution < 1.29 is 17.6 Å². The molecule has 2 atom stereocenters. The smallest absolute Gasteiger partial charge is 0.318 e. The molecule has 6 nitrogen and oxygen atoms in total. The first kappa shape index (κ1) is 23.7. The fraction of sp³-hybridized carbons (Fsp3) is 0.409. The summed E-state index contributed by atoms with van der Waals surface area (Å²) in [7, 11) is -3.28. The summed E-state index contributed by atoms with van der Waals surface area (Å²) in [5, 5.41) is 3.15. The molecular formula is C22H27BrFN3O3S. The number of hydrogen-bond donors (Lipinski definition) is 2.